The summed E-state index contributed by atoms with van der Waals surface area (Å²) in [7, 11) is 3.75. The number of amides is 1. The van der Waals surface area contributed by atoms with Crippen molar-refractivity contribution in [2.45, 2.75) is 25.8 Å². The molecule has 0 unspecified atom stereocenters. The van der Waals surface area contributed by atoms with Gasteiger partial charge in [0.25, 0.3) is 5.91 Å². The van der Waals surface area contributed by atoms with Gasteiger partial charge >= 0.3 is 0 Å². The average Bonchev–Trinajstić information content (AvgIpc) is 3.12. The van der Waals surface area contributed by atoms with Crippen LogP contribution in [0.2, 0.25) is 0 Å². The van der Waals surface area contributed by atoms with Gasteiger partial charge in [-0.25, -0.2) is 0 Å². The van der Waals surface area contributed by atoms with Crippen LogP contribution in [0, 0.1) is 0 Å². The molecule has 1 aromatic heterocycles. The maximum Gasteiger partial charge on any atom is 0.292 e. The van der Waals surface area contributed by atoms with Crippen LogP contribution in [0.3, 0.4) is 0 Å². The molecule has 3 rings (SSSR count). The number of piperazine rings is 1. The van der Waals surface area contributed by atoms with Crippen molar-refractivity contribution in [1.29, 1.82) is 0 Å². The summed E-state index contributed by atoms with van der Waals surface area (Å²) in [6, 6.07) is 9.80. The van der Waals surface area contributed by atoms with E-state index in [9.17, 15) is 4.79 Å². The number of nitrogens with zero attached hydrogens (tertiary/aromatic N) is 3. The van der Waals surface area contributed by atoms with Crippen molar-refractivity contribution in [3.63, 3.8) is 0 Å². The molecule has 2 heterocycles. The number of para-hydroxylation sites is 1. The molecule has 0 radical (unpaired) electrons. The molecule has 1 fully saturated rings. The smallest absolute Gasteiger partial charge is 0.292 e. The molecular formula is C19H25N3O3. The molecule has 25 heavy (non-hydrogen) atoms. The van der Waals surface area contributed by atoms with Gasteiger partial charge in [-0.1, -0.05) is 37.2 Å². The molecule has 0 saturated carbocycles. The lowest BCUT2D eigenvalue weighted by molar-refractivity contribution is 0.0505. The van der Waals surface area contributed by atoms with Gasteiger partial charge in [0.05, 0.1) is 18.8 Å². The molecule has 0 bridgehead atoms. The summed E-state index contributed by atoms with van der Waals surface area (Å²) in [6.45, 7) is 6.10. The van der Waals surface area contributed by atoms with Crippen molar-refractivity contribution < 1.29 is 14.1 Å². The highest BCUT2D eigenvalue weighted by Gasteiger charge is 2.32. The number of rotatable bonds is 4. The van der Waals surface area contributed by atoms with E-state index in [0.717, 1.165) is 23.6 Å². The van der Waals surface area contributed by atoms with Crippen LogP contribution in [0.1, 0.15) is 47.6 Å². The highest BCUT2D eigenvalue weighted by Crippen LogP contribution is 2.31. The molecule has 134 valence electrons. The summed E-state index contributed by atoms with van der Waals surface area (Å²) in [5.41, 5.74) is 1.89. The minimum absolute atomic E-state index is 0.0846. The third-order valence-corrected chi connectivity index (χ3v) is 4.76. The minimum atomic E-state index is -0.104. The first-order valence-corrected chi connectivity index (χ1v) is 8.60. The number of methoxy groups -OCH3 is 1. The molecule has 1 aromatic carbocycles. The van der Waals surface area contributed by atoms with Crippen molar-refractivity contribution in [2.75, 3.05) is 33.8 Å². The first kappa shape index (κ1) is 17.5. The number of likely N-dealkylation sites (N-methyl/N-ethyl adjacent to an activating group) is 1. The molecule has 0 aliphatic carbocycles. The van der Waals surface area contributed by atoms with Crippen molar-refractivity contribution in [1.82, 2.24) is 15.0 Å². The maximum absolute atomic E-state index is 12.8. The molecular weight excluding hydrogens is 318 g/mol. The normalized spacial score (nSPS) is 18.6. The summed E-state index contributed by atoms with van der Waals surface area (Å²) in [4.78, 5) is 16.9. The Kier molecular flexibility index (Phi) is 5.08. The molecule has 1 saturated heterocycles. The van der Waals surface area contributed by atoms with Gasteiger partial charge in [0.1, 0.15) is 5.75 Å². The largest absolute Gasteiger partial charge is 0.496 e. The number of aromatic nitrogens is 1. The monoisotopic (exact) mass is 343 g/mol. The average molecular weight is 343 g/mol. The van der Waals surface area contributed by atoms with Crippen LogP contribution in [-0.4, -0.2) is 54.7 Å². The topological polar surface area (TPSA) is 58.8 Å². The lowest BCUT2D eigenvalue weighted by Crippen LogP contribution is -2.49. The van der Waals surface area contributed by atoms with E-state index in [1.54, 1.807) is 13.2 Å². The quantitative estimate of drug-likeness (QED) is 0.854. The van der Waals surface area contributed by atoms with E-state index in [1.165, 1.54) is 0 Å². The van der Waals surface area contributed by atoms with Gasteiger partial charge in [-0.15, -0.1) is 0 Å². The van der Waals surface area contributed by atoms with Gasteiger partial charge in [0, 0.05) is 31.3 Å². The van der Waals surface area contributed by atoms with Crippen LogP contribution >= 0.6 is 0 Å². The molecule has 0 spiro atoms. The predicted octanol–water partition coefficient (Wildman–Crippen LogP) is 2.94. The van der Waals surface area contributed by atoms with Gasteiger partial charge < -0.3 is 14.2 Å². The highest BCUT2D eigenvalue weighted by atomic mass is 16.5. The lowest BCUT2D eigenvalue weighted by atomic mass is 10.0. The summed E-state index contributed by atoms with van der Waals surface area (Å²) < 4.78 is 10.8. The molecule has 1 aliphatic heterocycles. The summed E-state index contributed by atoms with van der Waals surface area (Å²) in [6.07, 6.45) is 0. The first-order valence-electron chi connectivity index (χ1n) is 8.60. The Morgan fingerprint density at radius 3 is 2.76 bits per heavy atom. The third-order valence-electron chi connectivity index (χ3n) is 4.76. The Bertz CT molecular complexity index is 741. The van der Waals surface area contributed by atoms with E-state index in [1.807, 2.05) is 36.9 Å². The Morgan fingerprint density at radius 1 is 1.32 bits per heavy atom. The standard InChI is InChI=1S/C19H25N3O3/c1-13(2)15-11-18(25-20-15)19(23)22-10-9-21(3)16(12-22)14-7-5-6-8-17(14)24-4/h5-8,11,13,16H,9-10,12H2,1-4H3/t16-/m1/s1. The van der Waals surface area contributed by atoms with Crippen molar-refractivity contribution >= 4 is 5.91 Å². The number of carbonyl (C=O) groups excluding carboxylic acids is 1. The van der Waals surface area contributed by atoms with E-state index in [4.69, 9.17) is 9.26 Å². The molecule has 6 nitrogen and oxygen atoms in total. The van der Waals surface area contributed by atoms with Crippen LogP contribution in [0.5, 0.6) is 5.75 Å². The Labute approximate surface area is 148 Å². The highest BCUT2D eigenvalue weighted by molar-refractivity contribution is 5.91. The van der Waals surface area contributed by atoms with Crippen LogP contribution < -0.4 is 4.74 Å². The van der Waals surface area contributed by atoms with E-state index >= 15 is 0 Å². The van der Waals surface area contributed by atoms with E-state index in [-0.39, 0.29) is 17.9 Å². The minimum Gasteiger partial charge on any atom is -0.496 e. The second-order valence-electron chi connectivity index (χ2n) is 6.76. The summed E-state index contributed by atoms with van der Waals surface area (Å²) >= 11 is 0. The van der Waals surface area contributed by atoms with Gasteiger partial charge in [0.2, 0.25) is 5.76 Å². The lowest BCUT2D eigenvalue weighted by Gasteiger charge is -2.39. The summed E-state index contributed by atoms with van der Waals surface area (Å²) in [5, 5.41) is 4.00. The Balaban J connectivity index is 1.81. The zero-order valence-electron chi connectivity index (χ0n) is 15.2. The van der Waals surface area contributed by atoms with Crippen molar-refractivity contribution in [2.24, 2.45) is 0 Å². The number of hydrogen-bond donors (Lipinski definition) is 0. The molecule has 2 aromatic rings. The molecule has 1 aliphatic rings. The second-order valence-corrected chi connectivity index (χ2v) is 6.76. The third kappa shape index (κ3) is 3.54. The number of carbonyl (C=O) groups is 1. The summed E-state index contributed by atoms with van der Waals surface area (Å²) in [5.74, 6) is 1.29. The van der Waals surface area contributed by atoms with Gasteiger partial charge in [0.15, 0.2) is 0 Å². The second kappa shape index (κ2) is 7.27. The molecule has 1 atom stereocenters. The number of hydrogen-bond acceptors (Lipinski definition) is 5. The van der Waals surface area contributed by atoms with Crippen LogP contribution in [0.15, 0.2) is 34.9 Å². The number of benzene rings is 1. The molecule has 1 amide bonds. The van der Waals surface area contributed by atoms with Crippen LogP contribution in [-0.2, 0) is 0 Å². The first-order chi connectivity index (χ1) is 12.0. The fourth-order valence-corrected chi connectivity index (χ4v) is 3.15. The Hall–Kier alpha value is -2.34. The van der Waals surface area contributed by atoms with E-state index in [0.29, 0.717) is 18.8 Å². The van der Waals surface area contributed by atoms with E-state index < -0.39 is 0 Å². The zero-order valence-corrected chi connectivity index (χ0v) is 15.2. The molecule has 6 heteroatoms. The van der Waals surface area contributed by atoms with Crippen LogP contribution in [0.4, 0.5) is 0 Å². The molecule has 0 N–H and O–H groups in total. The van der Waals surface area contributed by atoms with Gasteiger partial charge in [-0.3, -0.25) is 9.69 Å². The Morgan fingerprint density at radius 2 is 2.08 bits per heavy atom. The fraction of sp³-hybridized carbons (Fsp3) is 0.474. The van der Waals surface area contributed by atoms with Crippen molar-refractivity contribution in [3.8, 4) is 5.75 Å². The van der Waals surface area contributed by atoms with Gasteiger partial charge in [-0.05, 0) is 19.0 Å². The van der Waals surface area contributed by atoms with Crippen LogP contribution in [0.25, 0.3) is 0 Å². The van der Waals surface area contributed by atoms with Crippen molar-refractivity contribution in [3.05, 3.63) is 47.3 Å². The maximum atomic E-state index is 12.8. The number of ether oxygens (including phenoxy) is 1. The predicted molar refractivity (Wildman–Crippen MR) is 94.9 cm³/mol. The fourth-order valence-electron chi connectivity index (χ4n) is 3.15. The SMILES string of the molecule is COc1ccccc1[C@H]1CN(C(=O)c2cc(C(C)C)no2)CCN1C. The van der Waals surface area contributed by atoms with Gasteiger partial charge in [-0.2, -0.15) is 0 Å². The van der Waals surface area contributed by atoms with E-state index in [2.05, 4.69) is 23.2 Å². The zero-order chi connectivity index (χ0) is 18.0.